The molecule has 0 spiro atoms. The van der Waals surface area contributed by atoms with Crippen molar-refractivity contribution in [1.29, 1.82) is 0 Å². The molecule has 10 heteroatoms. The van der Waals surface area contributed by atoms with Crippen LogP contribution in [0.2, 0.25) is 10.0 Å². The van der Waals surface area contributed by atoms with Crippen LogP contribution in [0.1, 0.15) is 5.56 Å². The number of nitrogens with zero attached hydrogens (tertiary/aromatic N) is 1. The van der Waals surface area contributed by atoms with E-state index in [1.165, 1.54) is 34.6 Å². The zero-order valence-corrected chi connectivity index (χ0v) is 19.2. The first-order valence-electron chi connectivity index (χ1n) is 9.32. The second-order valence-corrected chi connectivity index (χ2v) is 9.60. The molecule has 0 saturated carbocycles. The smallest absolute Gasteiger partial charge is 0.262 e. The number of carbonyl (C=O) groups is 1. The van der Waals surface area contributed by atoms with Gasteiger partial charge in [-0.15, -0.1) is 0 Å². The molecule has 168 valence electrons. The number of halogens is 3. The van der Waals surface area contributed by atoms with Crippen LogP contribution in [0, 0.1) is 5.82 Å². The fourth-order valence-electron chi connectivity index (χ4n) is 2.79. The predicted octanol–water partition coefficient (Wildman–Crippen LogP) is 5.12. The number of anilines is 2. The summed E-state index contributed by atoms with van der Waals surface area (Å²) in [6.45, 7) is -0.229. The Labute approximate surface area is 195 Å². The lowest BCUT2D eigenvalue weighted by Gasteiger charge is -2.22. The average Bonchev–Trinajstić information content (AvgIpc) is 2.73. The highest BCUT2D eigenvalue weighted by Crippen LogP contribution is 2.26. The summed E-state index contributed by atoms with van der Waals surface area (Å²) < 4.78 is 44.3. The van der Waals surface area contributed by atoms with Crippen molar-refractivity contribution in [3.63, 3.8) is 0 Å². The van der Waals surface area contributed by atoms with Crippen LogP contribution in [-0.2, 0) is 21.4 Å². The van der Waals surface area contributed by atoms with E-state index >= 15 is 0 Å². The Bertz CT molecular complexity index is 1200. The van der Waals surface area contributed by atoms with Crippen molar-refractivity contribution in [3.05, 3.63) is 88.2 Å². The number of hydrogen-bond donors (Lipinski definition) is 1. The van der Waals surface area contributed by atoms with Crippen molar-refractivity contribution >= 4 is 50.5 Å². The molecule has 6 nitrogen and oxygen atoms in total. The van der Waals surface area contributed by atoms with Crippen LogP contribution >= 0.6 is 23.2 Å². The van der Waals surface area contributed by atoms with Crippen molar-refractivity contribution in [2.45, 2.75) is 6.54 Å². The van der Waals surface area contributed by atoms with Gasteiger partial charge in [-0.2, -0.15) is 0 Å². The lowest BCUT2D eigenvalue weighted by molar-refractivity contribution is -0.118. The third-order valence-corrected chi connectivity index (χ3v) is 6.03. The van der Waals surface area contributed by atoms with Gasteiger partial charge in [-0.1, -0.05) is 35.3 Å². The van der Waals surface area contributed by atoms with Gasteiger partial charge in [0.2, 0.25) is 10.0 Å². The van der Waals surface area contributed by atoms with Crippen LogP contribution < -0.4 is 14.4 Å². The van der Waals surface area contributed by atoms with Crippen molar-refractivity contribution < 1.29 is 22.3 Å². The van der Waals surface area contributed by atoms with E-state index in [0.29, 0.717) is 32.7 Å². The van der Waals surface area contributed by atoms with Gasteiger partial charge in [0, 0.05) is 5.02 Å². The maximum atomic E-state index is 13.1. The second-order valence-electron chi connectivity index (χ2n) is 6.85. The molecule has 32 heavy (non-hydrogen) atoms. The predicted molar refractivity (Wildman–Crippen MR) is 124 cm³/mol. The third-order valence-electron chi connectivity index (χ3n) is 4.34. The van der Waals surface area contributed by atoms with Gasteiger partial charge in [-0.05, 0) is 60.2 Å². The van der Waals surface area contributed by atoms with Crippen molar-refractivity contribution in [1.82, 2.24) is 0 Å². The summed E-state index contributed by atoms with van der Waals surface area (Å²) in [6.07, 6.45) is 1.09. The molecule has 3 rings (SSSR count). The van der Waals surface area contributed by atoms with Gasteiger partial charge in [-0.3, -0.25) is 9.10 Å². The first kappa shape index (κ1) is 23.8. The number of ether oxygens (including phenoxy) is 1. The van der Waals surface area contributed by atoms with E-state index < -0.39 is 21.7 Å². The molecule has 0 aliphatic carbocycles. The monoisotopic (exact) mass is 496 g/mol. The molecular weight excluding hydrogens is 478 g/mol. The Kier molecular flexibility index (Phi) is 7.60. The first-order chi connectivity index (χ1) is 15.1. The molecule has 3 aromatic carbocycles. The fourth-order valence-corrected chi connectivity index (χ4v) is 4.13. The molecule has 1 amide bonds. The molecule has 0 radical (unpaired) electrons. The molecule has 0 heterocycles. The van der Waals surface area contributed by atoms with Crippen LogP contribution in [-0.4, -0.2) is 27.2 Å². The lowest BCUT2D eigenvalue weighted by atomic mass is 10.2. The number of sulfonamides is 1. The molecule has 0 fully saturated rings. The molecule has 0 aromatic heterocycles. The number of amides is 1. The zero-order valence-electron chi connectivity index (χ0n) is 16.9. The largest absolute Gasteiger partial charge is 0.484 e. The Hall–Kier alpha value is -2.81. The van der Waals surface area contributed by atoms with E-state index in [2.05, 4.69) is 5.32 Å². The van der Waals surface area contributed by atoms with Crippen LogP contribution in [0.3, 0.4) is 0 Å². The Morgan fingerprint density at radius 2 is 1.69 bits per heavy atom. The van der Waals surface area contributed by atoms with E-state index in [9.17, 15) is 17.6 Å². The van der Waals surface area contributed by atoms with Gasteiger partial charge < -0.3 is 10.1 Å². The average molecular weight is 497 g/mol. The van der Waals surface area contributed by atoms with Gasteiger partial charge in [-0.25, -0.2) is 12.8 Å². The normalized spacial score (nSPS) is 11.1. The van der Waals surface area contributed by atoms with Crippen LogP contribution in [0.25, 0.3) is 0 Å². The van der Waals surface area contributed by atoms with Crippen LogP contribution in [0.4, 0.5) is 15.8 Å². The van der Waals surface area contributed by atoms with Gasteiger partial charge in [0.05, 0.1) is 29.2 Å². The van der Waals surface area contributed by atoms with E-state index in [1.807, 2.05) is 0 Å². The van der Waals surface area contributed by atoms with Gasteiger partial charge in [0.15, 0.2) is 6.61 Å². The lowest BCUT2D eigenvalue weighted by Crippen LogP contribution is -2.29. The molecule has 3 aromatic rings. The number of rotatable bonds is 8. The molecule has 0 atom stereocenters. The number of benzene rings is 3. The highest BCUT2D eigenvalue weighted by Gasteiger charge is 2.18. The number of carbonyl (C=O) groups excluding carboxylic acids is 1. The molecule has 0 unspecified atom stereocenters. The minimum Gasteiger partial charge on any atom is -0.484 e. The summed E-state index contributed by atoms with van der Waals surface area (Å²) in [5, 5.41) is 3.37. The SMILES string of the molecule is CS(=O)(=O)N(Cc1ccc(F)cc1)c1ccc(OCC(=O)Nc2ccc(Cl)cc2Cl)cc1. The highest BCUT2D eigenvalue weighted by molar-refractivity contribution is 7.92. The van der Waals surface area contributed by atoms with E-state index in [0.717, 1.165) is 6.26 Å². The minimum atomic E-state index is -3.59. The standard InChI is InChI=1S/C22H19Cl2FN2O4S/c1-32(29,30)27(13-15-2-5-17(25)6-3-15)18-7-9-19(10-8-18)31-14-22(28)26-21-11-4-16(23)12-20(21)24/h2-12H,13-14H2,1H3,(H,26,28). The fraction of sp³-hybridized carbons (Fsp3) is 0.136. The Balaban J connectivity index is 1.64. The quantitative estimate of drug-likeness (QED) is 0.469. The van der Waals surface area contributed by atoms with Crippen molar-refractivity contribution in [2.24, 2.45) is 0 Å². The summed E-state index contributed by atoms with van der Waals surface area (Å²) in [5.74, 6) is -0.447. The number of nitrogens with one attached hydrogen (secondary N) is 1. The second kappa shape index (κ2) is 10.2. The minimum absolute atomic E-state index is 0.0452. The topological polar surface area (TPSA) is 75.7 Å². The van der Waals surface area contributed by atoms with Crippen molar-refractivity contribution in [3.8, 4) is 5.75 Å². The van der Waals surface area contributed by atoms with Gasteiger partial charge in [0.1, 0.15) is 11.6 Å². The summed E-state index contributed by atoms with van der Waals surface area (Å²) in [6, 6.07) is 16.5. The maximum Gasteiger partial charge on any atom is 0.262 e. The van der Waals surface area contributed by atoms with E-state index in [-0.39, 0.29) is 13.2 Å². The Morgan fingerprint density at radius 3 is 2.28 bits per heavy atom. The van der Waals surface area contributed by atoms with Crippen LogP contribution in [0.15, 0.2) is 66.7 Å². The van der Waals surface area contributed by atoms with Gasteiger partial charge >= 0.3 is 0 Å². The Morgan fingerprint density at radius 1 is 1.03 bits per heavy atom. The highest BCUT2D eigenvalue weighted by atomic mass is 35.5. The zero-order chi connectivity index (χ0) is 23.3. The van der Waals surface area contributed by atoms with Crippen molar-refractivity contribution in [2.75, 3.05) is 22.5 Å². The molecule has 0 aliphatic heterocycles. The number of hydrogen-bond acceptors (Lipinski definition) is 4. The van der Waals surface area contributed by atoms with E-state index in [4.69, 9.17) is 27.9 Å². The van der Waals surface area contributed by atoms with Crippen LogP contribution in [0.5, 0.6) is 5.75 Å². The van der Waals surface area contributed by atoms with Gasteiger partial charge in [0.25, 0.3) is 5.91 Å². The summed E-state index contributed by atoms with van der Waals surface area (Å²) in [5.41, 5.74) is 1.45. The molecule has 0 bridgehead atoms. The van der Waals surface area contributed by atoms with E-state index in [1.54, 1.807) is 36.4 Å². The molecule has 0 aliphatic rings. The first-order valence-corrected chi connectivity index (χ1v) is 11.9. The summed E-state index contributed by atoms with van der Waals surface area (Å²) >= 11 is 11.9. The molecular formula is C22H19Cl2FN2O4S. The maximum absolute atomic E-state index is 13.1. The summed E-state index contributed by atoms with van der Waals surface area (Å²) in [4.78, 5) is 12.1. The third kappa shape index (κ3) is 6.59. The molecule has 1 N–H and O–H groups in total. The molecule has 0 saturated heterocycles. The summed E-state index contributed by atoms with van der Waals surface area (Å²) in [7, 11) is -3.59.